The summed E-state index contributed by atoms with van der Waals surface area (Å²) < 4.78 is 0. The highest BCUT2D eigenvalue weighted by Gasteiger charge is 2.15. The van der Waals surface area contributed by atoms with E-state index < -0.39 is 16.1 Å². The van der Waals surface area contributed by atoms with E-state index >= 15 is 0 Å². The molecule has 1 aromatic carbocycles. The van der Waals surface area contributed by atoms with Crippen LogP contribution in [0.3, 0.4) is 0 Å². The molecule has 0 fully saturated rings. The Hall–Kier alpha value is -0.766. The second-order valence-corrected chi connectivity index (χ2v) is 20.5. The molecule has 0 unspecified atom stereocenters. The Morgan fingerprint density at radius 2 is 1.58 bits per heavy atom. The largest absolute Gasteiger partial charge is 0.247 e. The minimum Gasteiger partial charge on any atom is -0.247 e. The van der Waals surface area contributed by atoms with Gasteiger partial charge in [-0.1, -0.05) is 77.4 Å². The van der Waals surface area contributed by atoms with Gasteiger partial charge in [-0.2, -0.15) is 0 Å². The van der Waals surface area contributed by atoms with Gasteiger partial charge in [0.25, 0.3) is 0 Å². The molecule has 0 aromatic heterocycles. The molecule has 0 radical (unpaired) electrons. The predicted molar refractivity (Wildman–Crippen MR) is 121 cm³/mol. The lowest BCUT2D eigenvalue weighted by Gasteiger charge is -2.17. The fraction of sp³-hybridized carbons (Fsp3) is 0.550. The molecule has 0 bridgehead atoms. The first-order chi connectivity index (χ1) is 10.9. The molecular weight excluding hydrogens is 342 g/mol. The molecule has 0 aliphatic rings. The third kappa shape index (κ3) is 14.8. The number of nitrogens with zero attached hydrogens (tertiary/aromatic N) is 1. The van der Waals surface area contributed by atoms with Crippen molar-refractivity contribution in [2.24, 2.45) is 4.99 Å². The van der Waals surface area contributed by atoms with Gasteiger partial charge in [0.2, 0.25) is 0 Å². The molecule has 0 atom stereocenters. The minimum absolute atomic E-state index is 0.606. The number of aliphatic imine (C=N–C) groups is 1. The zero-order valence-electron chi connectivity index (χ0n) is 16.8. The highest BCUT2D eigenvalue weighted by molar-refractivity contribution is 8.14. The quantitative estimate of drug-likeness (QED) is 0.231. The first-order valence-electron chi connectivity index (χ1n) is 8.70. The Morgan fingerprint density at radius 3 is 1.96 bits per heavy atom. The molecule has 0 saturated heterocycles. The maximum atomic E-state index is 5.12. The molecule has 0 amide bonds. The van der Waals surface area contributed by atoms with Crippen LogP contribution in [0.5, 0.6) is 0 Å². The Kier molecular flexibility index (Phi) is 10.6. The predicted octanol–water partition coefficient (Wildman–Crippen LogP) is 7.08. The second kappa shape index (κ2) is 11.0. The van der Waals surface area contributed by atoms with E-state index in [1.54, 1.807) is 0 Å². The van der Waals surface area contributed by atoms with E-state index in [1.165, 1.54) is 11.1 Å². The zero-order valence-corrected chi connectivity index (χ0v) is 19.6. The van der Waals surface area contributed by atoms with Gasteiger partial charge in [0.15, 0.2) is 0 Å². The number of hydrogen-bond donors (Lipinski definition) is 0. The van der Waals surface area contributed by atoms with E-state index in [1.807, 2.05) is 17.8 Å². The van der Waals surface area contributed by atoms with Gasteiger partial charge < -0.3 is 0 Å². The molecule has 24 heavy (non-hydrogen) atoms. The Balaban J connectivity index is 0.000000754. The summed E-state index contributed by atoms with van der Waals surface area (Å²) in [5.41, 5.74) is 3.82. The van der Waals surface area contributed by atoms with Gasteiger partial charge in [-0.15, -0.1) is 23.7 Å². The van der Waals surface area contributed by atoms with Crippen molar-refractivity contribution in [3.8, 4) is 12.0 Å². The smallest absolute Gasteiger partial charge is 0.128 e. The van der Waals surface area contributed by atoms with E-state index in [0.29, 0.717) is 5.25 Å². The standard InChI is InChI=1S/C15H25NSSi.C5H10Si/c1-13(2)17-15(11-12-18(3,4)5)16-14-9-7-6-8-10-14;1-5-6(2,3)4/h6-10,13H,11-12H2,1-5H3;1H,2-4H3. The van der Waals surface area contributed by atoms with Crippen molar-refractivity contribution in [3.05, 3.63) is 30.3 Å². The molecule has 0 aliphatic carbocycles. The SMILES string of the molecule is C#C[Si](C)(C)C.CC(C)SC(CC[Si](C)(C)C)=Nc1ccccc1. The van der Waals surface area contributed by atoms with Gasteiger partial charge in [0.05, 0.1) is 10.7 Å². The minimum atomic E-state index is -1.10. The van der Waals surface area contributed by atoms with Gasteiger partial charge in [0, 0.05) is 13.3 Å². The van der Waals surface area contributed by atoms with E-state index in [9.17, 15) is 0 Å². The third-order valence-electron chi connectivity index (χ3n) is 2.90. The number of hydrogen-bond acceptors (Lipinski definition) is 2. The average Bonchev–Trinajstić information content (AvgIpc) is 2.44. The molecule has 0 heterocycles. The van der Waals surface area contributed by atoms with Crippen LogP contribution in [-0.4, -0.2) is 26.4 Å². The number of thioether (sulfide) groups is 1. The molecule has 1 aromatic rings. The van der Waals surface area contributed by atoms with Crippen LogP contribution in [0.1, 0.15) is 20.3 Å². The van der Waals surface area contributed by atoms with Crippen LogP contribution in [0.25, 0.3) is 0 Å². The number of para-hydroxylation sites is 1. The van der Waals surface area contributed by atoms with E-state index in [4.69, 9.17) is 11.4 Å². The van der Waals surface area contributed by atoms with E-state index in [2.05, 4.69) is 82.9 Å². The molecule has 1 nitrogen and oxygen atoms in total. The highest BCUT2D eigenvalue weighted by atomic mass is 32.2. The summed E-state index contributed by atoms with van der Waals surface area (Å²) in [5.74, 6) is 0. The lowest BCUT2D eigenvalue weighted by Crippen LogP contribution is -2.20. The van der Waals surface area contributed by atoms with Crippen LogP contribution in [0.2, 0.25) is 45.3 Å². The topological polar surface area (TPSA) is 12.4 Å². The van der Waals surface area contributed by atoms with Crippen molar-refractivity contribution in [1.82, 2.24) is 0 Å². The van der Waals surface area contributed by atoms with Crippen LogP contribution in [-0.2, 0) is 0 Å². The fourth-order valence-corrected chi connectivity index (χ4v) is 3.63. The van der Waals surface area contributed by atoms with E-state index in [-0.39, 0.29) is 0 Å². The van der Waals surface area contributed by atoms with Gasteiger partial charge in [-0.3, -0.25) is 0 Å². The number of benzene rings is 1. The summed E-state index contributed by atoms with van der Waals surface area (Å²) in [6, 6.07) is 11.6. The molecule has 0 N–H and O–H groups in total. The fourth-order valence-electron chi connectivity index (χ4n) is 1.54. The van der Waals surface area contributed by atoms with Gasteiger partial charge >= 0.3 is 0 Å². The maximum Gasteiger partial charge on any atom is 0.128 e. The van der Waals surface area contributed by atoms with Crippen molar-refractivity contribution in [3.63, 3.8) is 0 Å². The Labute approximate surface area is 156 Å². The van der Waals surface area contributed by atoms with Crippen LogP contribution >= 0.6 is 11.8 Å². The Bertz CT molecular complexity index is 531. The molecule has 0 saturated carbocycles. The third-order valence-corrected chi connectivity index (χ3v) is 6.56. The molecule has 1 rings (SSSR count). The summed E-state index contributed by atoms with van der Waals surface area (Å²) in [5, 5.41) is 1.90. The molecule has 134 valence electrons. The summed E-state index contributed by atoms with van der Waals surface area (Å²) in [4.78, 5) is 4.80. The molecular formula is C20H35NSSi2. The average molecular weight is 378 g/mol. The van der Waals surface area contributed by atoms with Crippen molar-refractivity contribution in [1.29, 1.82) is 0 Å². The van der Waals surface area contributed by atoms with Gasteiger partial charge in [-0.25, -0.2) is 4.99 Å². The van der Waals surface area contributed by atoms with Crippen LogP contribution < -0.4 is 0 Å². The summed E-state index contributed by atoms with van der Waals surface area (Å²) in [6.07, 6.45) is 6.25. The monoisotopic (exact) mass is 377 g/mol. The maximum absolute atomic E-state index is 5.12. The molecule has 4 heteroatoms. The molecule has 0 spiro atoms. The van der Waals surface area contributed by atoms with Crippen molar-refractivity contribution < 1.29 is 0 Å². The zero-order chi connectivity index (χ0) is 18.8. The first-order valence-corrected chi connectivity index (χ1v) is 16.8. The van der Waals surface area contributed by atoms with Crippen LogP contribution in [0.4, 0.5) is 5.69 Å². The van der Waals surface area contributed by atoms with Crippen molar-refractivity contribution in [2.75, 3.05) is 0 Å². The lowest BCUT2D eigenvalue weighted by atomic mass is 10.3. The first kappa shape index (κ1) is 23.2. The van der Waals surface area contributed by atoms with Crippen LogP contribution in [0.15, 0.2) is 35.3 Å². The van der Waals surface area contributed by atoms with Gasteiger partial charge in [-0.05, 0) is 18.6 Å². The molecule has 0 aliphatic heterocycles. The lowest BCUT2D eigenvalue weighted by molar-refractivity contribution is 1.12. The van der Waals surface area contributed by atoms with Crippen molar-refractivity contribution in [2.45, 2.75) is 70.8 Å². The van der Waals surface area contributed by atoms with E-state index in [0.717, 1.165) is 12.1 Å². The Morgan fingerprint density at radius 1 is 1.08 bits per heavy atom. The highest BCUT2D eigenvalue weighted by Crippen LogP contribution is 2.23. The van der Waals surface area contributed by atoms with Gasteiger partial charge in [0.1, 0.15) is 8.07 Å². The number of terminal acetylenes is 1. The number of rotatable bonds is 5. The summed E-state index contributed by atoms with van der Waals surface area (Å²) >= 11 is 1.91. The summed E-state index contributed by atoms with van der Waals surface area (Å²) in [6.45, 7) is 18.2. The van der Waals surface area contributed by atoms with Crippen molar-refractivity contribution >= 4 is 38.6 Å². The summed E-state index contributed by atoms with van der Waals surface area (Å²) in [7, 11) is -2.09. The second-order valence-electron chi connectivity index (χ2n) is 8.46. The normalized spacial score (nSPS) is 12.4. The van der Waals surface area contributed by atoms with Crippen LogP contribution in [0, 0.1) is 12.0 Å².